The first kappa shape index (κ1) is 25.5. The van der Waals surface area contributed by atoms with Crippen LogP contribution in [0.25, 0.3) is 0 Å². The minimum absolute atomic E-state index is 0.0212. The third kappa shape index (κ3) is 7.17. The molecule has 1 unspecified atom stereocenters. The first-order valence-electron chi connectivity index (χ1n) is 10.4. The van der Waals surface area contributed by atoms with E-state index in [1.807, 2.05) is 12.1 Å². The number of anilines is 1. The van der Waals surface area contributed by atoms with Crippen LogP contribution in [0.4, 0.5) is 5.69 Å². The highest BCUT2D eigenvalue weighted by atomic mass is 32.2. The smallest absolute Gasteiger partial charge is 0.251 e. The lowest BCUT2D eigenvalue weighted by Gasteiger charge is -2.21. The Kier molecular flexibility index (Phi) is 7.52. The molecule has 0 aliphatic heterocycles. The maximum absolute atomic E-state index is 12.6. The number of amides is 2. The van der Waals surface area contributed by atoms with E-state index in [0.29, 0.717) is 11.3 Å². The van der Waals surface area contributed by atoms with Gasteiger partial charge in [-0.25, -0.2) is 13.1 Å². The molecule has 0 aliphatic carbocycles. The Morgan fingerprint density at radius 1 is 0.906 bits per heavy atom. The molecule has 0 fully saturated rings. The number of carbonyl (C=O) groups excluding carboxylic acids is 2. The fraction of sp³-hybridized carbons (Fsp3) is 0.417. The van der Waals surface area contributed by atoms with Crippen molar-refractivity contribution in [3.05, 3.63) is 59.7 Å². The number of hydrogen-bond acceptors (Lipinski definition) is 4. The van der Waals surface area contributed by atoms with Crippen molar-refractivity contribution in [2.24, 2.45) is 0 Å². The highest BCUT2D eigenvalue weighted by molar-refractivity contribution is 7.89. The predicted molar refractivity (Wildman–Crippen MR) is 127 cm³/mol. The highest BCUT2D eigenvalue weighted by Crippen LogP contribution is 2.22. The fourth-order valence-corrected chi connectivity index (χ4v) is 4.38. The van der Waals surface area contributed by atoms with Crippen molar-refractivity contribution in [3.8, 4) is 0 Å². The molecule has 7 nitrogen and oxygen atoms in total. The summed E-state index contributed by atoms with van der Waals surface area (Å²) in [5.41, 5.74) is 1.23. The second-order valence-electron chi connectivity index (χ2n) is 9.90. The molecule has 8 heteroatoms. The van der Waals surface area contributed by atoms with E-state index < -0.39 is 27.5 Å². The lowest BCUT2D eigenvalue weighted by Crippen LogP contribution is -2.41. The standard InChI is InChI=1S/C24H33N3O4S/c1-16(25-22(29)17-11-13-18(14-12-17)23(2,3)4)21(28)26-19-9-8-10-20(15-19)32(30,31)27-24(5,6)7/h8-16,27H,1-7H3,(H,25,29)(H,26,28). The van der Waals surface area contributed by atoms with Crippen molar-refractivity contribution >= 4 is 27.5 Å². The second kappa shape index (κ2) is 9.42. The van der Waals surface area contributed by atoms with Crippen LogP contribution in [0.2, 0.25) is 0 Å². The summed E-state index contributed by atoms with van der Waals surface area (Å²) >= 11 is 0. The summed E-state index contributed by atoms with van der Waals surface area (Å²) in [4.78, 5) is 25.1. The van der Waals surface area contributed by atoms with Crippen LogP contribution < -0.4 is 15.4 Å². The van der Waals surface area contributed by atoms with E-state index in [4.69, 9.17) is 0 Å². The number of rotatable bonds is 6. The summed E-state index contributed by atoms with van der Waals surface area (Å²) in [6.07, 6.45) is 0. The van der Waals surface area contributed by atoms with Gasteiger partial charge in [-0.2, -0.15) is 0 Å². The Morgan fingerprint density at radius 2 is 1.50 bits per heavy atom. The molecule has 2 aromatic carbocycles. The average molecular weight is 460 g/mol. The van der Waals surface area contributed by atoms with Crippen molar-refractivity contribution in [2.45, 2.75) is 70.4 Å². The van der Waals surface area contributed by atoms with E-state index in [2.05, 4.69) is 36.1 Å². The Balaban J connectivity index is 2.06. The molecule has 2 aromatic rings. The topological polar surface area (TPSA) is 104 Å². The highest BCUT2D eigenvalue weighted by Gasteiger charge is 2.23. The lowest BCUT2D eigenvalue weighted by molar-refractivity contribution is -0.117. The van der Waals surface area contributed by atoms with Gasteiger partial charge >= 0.3 is 0 Å². The molecule has 0 saturated heterocycles. The van der Waals surface area contributed by atoms with Crippen LogP contribution in [0.15, 0.2) is 53.4 Å². The molecule has 32 heavy (non-hydrogen) atoms. The van der Waals surface area contributed by atoms with E-state index in [9.17, 15) is 18.0 Å². The zero-order chi connectivity index (χ0) is 24.3. The third-order valence-corrected chi connectivity index (χ3v) is 6.36. The van der Waals surface area contributed by atoms with Gasteiger partial charge in [0, 0.05) is 16.8 Å². The molecule has 3 N–H and O–H groups in total. The quantitative estimate of drug-likeness (QED) is 0.611. The number of hydrogen-bond donors (Lipinski definition) is 3. The van der Waals surface area contributed by atoms with Gasteiger partial charge < -0.3 is 10.6 Å². The van der Waals surface area contributed by atoms with Gasteiger partial charge in [0.1, 0.15) is 6.04 Å². The van der Waals surface area contributed by atoms with Crippen LogP contribution in [-0.2, 0) is 20.2 Å². The molecule has 0 aliphatic rings. The average Bonchev–Trinajstić information content (AvgIpc) is 2.65. The monoisotopic (exact) mass is 459 g/mol. The molecule has 1 atom stereocenters. The molecule has 0 radical (unpaired) electrons. The number of benzene rings is 2. The minimum atomic E-state index is -3.74. The Hall–Kier alpha value is -2.71. The van der Waals surface area contributed by atoms with Crippen molar-refractivity contribution in [2.75, 3.05) is 5.32 Å². The Morgan fingerprint density at radius 3 is 2.03 bits per heavy atom. The largest absolute Gasteiger partial charge is 0.341 e. The summed E-state index contributed by atoms with van der Waals surface area (Å²) in [7, 11) is -3.74. The van der Waals surface area contributed by atoms with Crippen LogP contribution >= 0.6 is 0 Å². The second-order valence-corrected chi connectivity index (χ2v) is 11.6. The maximum atomic E-state index is 12.6. The van der Waals surface area contributed by atoms with Gasteiger partial charge in [-0.1, -0.05) is 39.0 Å². The molecular weight excluding hydrogens is 426 g/mol. The van der Waals surface area contributed by atoms with Gasteiger partial charge in [0.05, 0.1) is 4.90 Å². The lowest BCUT2D eigenvalue weighted by atomic mass is 9.86. The van der Waals surface area contributed by atoms with E-state index in [1.54, 1.807) is 52.0 Å². The maximum Gasteiger partial charge on any atom is 0.251 e. The SMILES string of the molecule is CC(NC(=O)c1ccc(C(C)(C)C)cc1)C(=O)Nc1cccc(S(=O)(=O)NC(C)(C)C)c1. The van der Waals surface area contributed by atoms with Crippen molar-refractivity contribution in [1.29, 1.82) is 0 Å². The molecule has 2 rings (SSSR count). The molecule has 0 saturated carbocycles. The van der Waals surface area contributed by atoms with Gasteiger partial charge in [-0.05, 0) is 69.0 Å². The fourth-order valence-electron chi connectivity index (χ4n) is 2.92. The summed E-state index contributed by atoms with van der Waals surface area (Å²) in [6.45, 7) is 13.1. The number of carbonyl (C=O) groups is 2. The van der Waals surface area contributed by atoms with Crippen LogP contribution in [0.1, 0.15) is 64.4 Å². The molecule has 174 valence electrons. The molecular formula is C24H33N3O4S. The summed E-state index contributed by atoms with van der Waals surface area (Å²) in [5, 5.41) is 5.33. The van der Waals surface area contributed by atoms with Gasteiger partial charge in [-0.15, -0.1) is 0 Å². The van der Waals surface area contributed by atoms with Crippen LogP contribution in [-0.4, -0.2) is 31.8 Å². The van der Waals surface area contributed by atoms with Crippen LogP contribution in [0, 0.1) is 0 Å². The van der Waals surface area contributed by atoms with E-state index in [1.165, 1.54) is 12.1 Å². The summed E-state index contributed by atoms with van der Waals surface area (Å²) < 4.78 is 27.6. The van der Waals surface area contributed by atoms with E-state index in [-0.39, 0.29) is 16.2 Å². The van der Waals surface area contributed by atoms with Crippen molar-refractivity contribution in [1.82, 2.24) is 10.0 Å². The van der Waals surface area contributed by atoms with Crippen LogP contribution in [0.5, 0.6) is 0 Å². The molecule has 2 amide bonds. The minimum Gasteiger partial charge on any atom is -0.341 e. The normalized spacial score (nSPS) is 13.3. The Bertz CT molecular complexity index is 1080. The van der Waals surface area contributed by atoms with E-state index >= 15 is 0 Å². The third-order valence-electron chi connectivity index (χ3n) is 4.61. The summed E-state index contributed by atoms with van der Waals surface area (Å²) in [5.74, 6) is -0.818. The van der Waals surface area contributed by atoms with Crippen LogP contribution in [0.3, 0.4) is 0 Å². The van der Waals surface area contributed by atoms with Gasteiger partial charge in [0.2, 0.25) is 15.9 Å². The summed E-state index contributed by atoms with van der Waals surface area (Å²) in [6, 6.07) is 12.4. The molecule has 0 aromatic heterocycles. The first-order chi connectivity index (χ1) is 14.6. The van der Waals surface area contributed by atoms with Gasteiger partial charge in [0.25, 0.3) is 5.91 Å². The number of nitrogens with one attached hydrogen (secondary N) is 3. The zero-order valence-electron chi connectivity index (χ0n) is 19.7. The van der Waals surface area contributed by atoms with E-state index in [0.717, 1.165) is 5.56 Å². The molecule has 0 bridgehead atoms. The molecule has 0 spiro atoms. The van der Waals surface area contributed by atoms with Gasteiger partial charge in [-0.3, -0.25) is 9.59 Å². The molecule has 0 heterocycles. The predicted octanol–water partition coefficient (Wildman–Crippen LogP) is 3.82. The zero-order valence-corrected chi connectivity index (χ0v) is 20.6. The number of sulfonamides is 1. The van der Waals surface area contributed by atoms with Crippen molar-refractivity contribution in [3.63, 3.8) is 0 Å². The Labute approximate surface area is 191 Å². The first-order valence-corrected chi connectivity index (χ1v) is 11.9. The van der Waals surface area contributed by atoms with Gasteiger partial charge in [0.15, 0.2) is 0 Å². The van der Waals surface area contributed by atoms with Crippen molar-refractivity contribution < 1.29 is 18.0 Å².